The van der Waals surface area contributed by atoms with Crippen molar-refractivity contribution in [3.05, 3.63) is 89.5 Å². The van der Waals surface area contributed by atoms with Crippen LogP contribution in [0.5, 0.6) is 5.75 Å². The van der Waals surface area contributed by atoms with Crippen LogP contribution in [0, 0.1) is 0 Å². The molecule has 6 nitrogen and oxygen atoms in total. The molecule has 3 aromatic rings. The van der Waals surface area contributed by atoms with Crippen LogP contribution in [0.1, 0.15) is 52.5 Å². The molecule has 0 radical (unpaired) electrons. The first-order chi connectivity index (χ1) is 15.5. The number of anilines is 2. The van der Waals surface area contributed by atoms with Crippen molar-refractivity contribution >= 4 is 29.1 Å². The molecule has 6 heteroatoms. The van der Waals surface area contributed by atoms with Crippen molar-refractivity contribution in [2.45, 2.75) is 26.2 Å². The van der Waals surface area contributed by atoms with E-state index in [2.05, 4.69) is 19.2 Å². The lowest BCUT2D eigenvalue weighted by atomic mass is 9.99. The molecule has 0 saturated carbocycles. The van der Waals surface area contributed by atoms with Gasteiger partial charge in [0.1, 0.15) is 5.75 Å². The van der Waals surface area contributed by atoms with Crippen molar-refractivity contribution in [1.82, 2.24) is 0 Å². The van der Waals surface area contributed by atoms with E-state index in [1.807, 2.05) is 30.3 Å². The smallest absolute Gasteiger partial charge is 0.268 e. The number of para-hydroxylation sites is 1. The molecule has 3 aromatic carbocycles. The quantitative estimate of drug-likeness (QED) is 0.536. The van der Waals surface area contributed by atoms with E-state index < -0.39 is 17.7 Å². The van der Waals surface area contributed by atoms with Gasteiger partial charge in [0, 0.05) is 0 Å². The Labute approximate surface area is 186 Å². The molecule has 1 atom stereocenters. The number of imide groups is 1. The van der Waals surface area contributed by atoms with Crippen LogP contribution < -0.4 is 15.0 Å². The molecule has 1 heterocycles. The Morgan fingerprint density at radius 3 is 2.34 bits per heavy atom. The molecule has 4 rings (SSSR count). The van der Waals surface area contributed by atoms with E-state index in [-0.39, 0.29) is 17.7 Å². The minimum absolute atomic E-state index is 0.188. The first-order valence-electron chi connectivity index (χ1n) is 10.6. The van der Waals surface area contributed by atoms with E-state index in [0.29, 0.717) is 23.0 Å². The van der Waals surface area contributed by atoms with Crippen LogP contribution in [0.2, 0.25) is 0 Å². The van der Waals surface area contributed by atoms with Crippen molar-refractivity contribution < 1.29 is 19.1 Å². The Hall–Kier alpha value is -3.93. The molecule has 0 aliphatic carbocycles. The van der Waals surface area contributed by atoms with Crippen LogP contribution in [0.4, 0.5) is 11.4 Å². The summed E-state index contributed by atoms with van der Waals surface area (Å²) in [4.78, 5) is 39.5. The van der Waals surface area contributed by atoms with Crippen molar-refractivity contribution in [3.8, 4) is 5.75 Å². The van der Waals surface area contributed by atoms with Crippen LogP contribution in [0.3, 0.4) is 0 Å². The van der Waals surface area contributed by atoms with Gasteiger partial charge in [-0.1, -0.05) is 50.2 Å². The van der Waals surface area contributed by atoms with Gasteiger partial charge in [-0.15, -0.1) is 0 Å². The molecule has 0 spiro atoms. The summed E-state index contributed by atoms with van der Waals surface area (Å²) in [6, 6.07) is 21.2. The second kappa shape index (κ2) is 9.06. The van der Waals surface area contributed by atoms with Crippen molar-refractivity contribution in [1.29, 1.82) is 0 Å². The standard InChI is InChI=1S/C26H24N2O4/c1-3-17(2)18-12-14-20(15-13-18)32-16-23(29)27-22-11-7-10-21-24(22)26(31)28(25(21)30)19-8-5-4-6-9-19/h4-15,17H,3,16H2,1-2H3,(H,27,29)/t17-/m1/s1. The van der Waals surface area contributed by atoms with Crippen molar-refractivity contribution in [2.75, 3.05) is 16.8 Å². The van der Waals surface area contributed by atoms with Crippen molar-refractivity contribution in [3.63, 3.8) is 0 Å². The number of hydrogen-bond acceptors (Lipinski definition) is 4. The average molecular weight is 428 g/mol. The second-order valence-corrected chi connectivity index (χ2v) is 7.72. The number of hydrogen-bond donors (Lipinski definition) is 1. The van der Waals surface area contributed by atoms with Gasteiger partial charge in [0.25, 0.3) is 17.7 Å². The summed E-state index contributed by atoms with van der Waals surface area (Å²) in [6.45, 7) is 4.08. The maximum absolute atomic E-state index is 13.0. The summed E-state index contributed by atoms with van der Waals surface area (Å²) in [6.07, 6.45) is 1.05. The fraction of sp³-hybridized carbons (Fsp3) is 0.192. The number of nitrogens with zero attached hydrogens (tertiary/aromatic N) is 1. The Balaban J connectivity index is 1.46. The summed E-state index contributed by atoms with van der Waals surface area (Å²) >= 11 is 0. The molecule has 0 aromatic heterocycles. The Bertz CT molecular complexity index is 1160. The molecule has 1 aliphatic rings. The predicted molar refractivity (Wildman–Crippen MR) is 123 cm³/mol. The van der Waals surface area contributed by atoms with E-state index in [1.54, 1.807) is 42.5 Å². The van der Waals surface area contributed by atoms with Gasteiger partial charge in [0.05, 0.1) is 22.5 Å². The van der Waals surface area contributed by atoms with Crippen LogP contribution >= 0.6 is 0 Å². The van der Waals surface area contributed by atoms with Crippen LogP contribution in [-0.4, -0.2) is 24.3 Å². The largest absolute Gasteiger partial charge is 0.484 e. The van der Waals surface area contributed by atoms with Gasteiger partial charge in [-0.05, 0) is 54.3 Å². The van der Waals surface area contributed by atoms with Gasteiger partial charge in [-0.2, -0.15) is 0 Å². The molecule has 32 heavy (non-hydrogen) atoms. The minimum atomic E-state index is -0.464. The molecule has 0 bridgehead atoms. The maximum Gasteiger partial charge on any atom is 0.268 e. The van der Waals surface area contributed by atoms with Crippen LogP contribution in [0.25, 0.3) is 0 Å². The first-order valence-corrected chi connectivity index (χ1v) is 10.6. The first kappa shape index (κ1) is 21.3. The highest BCUT2D eigenvalue weighted by molar-refractivity contribution is 6.36. The fourth-order valence-corrected chi connectivity index (χ4v) is 3.66. The van der Waals surface area contributed by atoms with E-state index in [1.165, 1.54) is 5.56 Å². The molecule has 1 aliphatic heterocycles. The van der Waals surface area contributed by atoms with Crippen LogP contribution in [0.15, 0.2) is 72.8 Å². The number of rotatable bonds is 7. The predicted octanol–water partition coefficient (Wildman–Crippen LogP) is 5.02. The van der Waals surface area contributed by atoms with Crippen LogP contribution in [-0.2, 0) is 4.79 Å². The Morgan fingerprint density at radius 2 is 1.66 bits per heavy atom. The van der Waals surface area contributed by atoms with E-state index >= 15 is 0 Å². The SMILES string of the molecule is CC[C@@H](C)c1ccc(OCC(=O)Nc2cccc3c2C(=O)N(c2ccccc2)C3=O)cc1. The number of carbonyl (C=O) groups is 3. The number of benzene rings is 3. The molecular formula is C26H24N2O4. The topological polar surface area (TPSA) is 75.7 Å². The Morgan fingerprint density at radius 1 is 0.938 bits per heavy atom. The molecule has 162 valence electrons. The Kier molecular flexibility index (Phi) is 6.03. The molecule has 0 unspecified atom stereocenters. The lowest BCUT2D eigenvalue weighted by Gasteiger charge is -2.14. The van der Waals surface area contributed by atoms with Crippen molar-refractivity contribution in [2.24, 2.45) is 0 Å². The number of ether oxygens (including phenoxy) is 1. The number of fused-ring (bicyclic) bond motifs is 1. The summed E-state index contributed by atoms with van der Waals surface area (Å²) < 4.78 is 5.59. The van der Waals surface area contributed by atoms with Gasteiger partial charge >= 0.3 is 0 Å². The third kappa shape index (κ3) is 4.12. The number of carbonyl (C=O) groups excluding carboxylic acids is 3. The summed E-state index contributed by atoms with van der Waals surface area (Å²) in [7, 11) is 0. The molecule has 3 amide bonds. The minimum Gasteiger partial charge on any atom is -0.484 e. The summed E-state index contributed by atoms with van der Waals surface area (Å²) in [5.41, 5.74) is 2.45. The lowest BCUT2D eigenvalue weighted by molar-refractivity contribution is -0.118. The second-order valence-electron chi connectivity index (χ2n) is 7.72. The van der Waals surface area contributed by atoms with Gasteiger partial charge in [-0.25, -0.2) is 4.90 Å². The normalized spacial score (nSPS) is 13.6. The monoisotopic (exact) mass is 428 g/mol. The lowest BCUT2D eigenvalue weighted by Crippen LogP contribution is -2.29. The highest BCUT2D eigenvalue weighted by Crippen LogP contribution is 2.32. The van der Waals surface area contributed by atoms with E-state index in [0.717, 1.165) is 11.3 Å². The van der Waals surface area contributed by atoms with Gasteiger partial charge < -0.3 is 10.1 Å². The number of amides is 3. The van der Waals surface area contributed by atoms with E-state index in [4.69, 9.17) is 4.74 Å². The highest BCUT2D eigenvalue weighted by Gasteiger charge is 2.38. The third-order valence-corrected chi connectivity index (χ3v) is 5.63. The summed E-state index contributed by atoms with van der Waals surface area (Å²) in [5, 5.41) is 2.71. The zero-order valence-corrected chi connectivity index (χ0v) is 18.0. The zero-order chi connectivity index (χ0) is 22.7. The summed E-state index contributed by atoms with van der Waals surface area (Å²) in [5.74, 6) is -0.239. The zero-order valence-electron chi connectivity index (χ0n) is 18.0. The van der Waals surface area contributed by atoms with Gasteiger partial charge in [-0.3, -0.25) is 14.4 Å². The van der Waals surface area contributed by atoms with E-state index in [9.17, 15) is 14.4 Å². The molecular weight excluding hydrogens is 404 g/mol. The third-order valence-electron chi connectivity index (χ3n) is 5.63. The van der Waals surface area contributed by atoms with Gasteiger partial charge in [0.2, 0.25) is 0 Å². The molecule has 1 N–H and O–H groups in total. The van der Waals surface area contributed by atoms with Gasteiger partial charge in [0.15, 0.2) is 6.61 Å². The fourth-order valence-electron chi connectivity index (χ4n) is 3.66. The maximum atomic E-state index is 13.0. The number of nitrogens with one attached hydrogen (secondary N) is 1. The average Bonchev–Trinajstić information content (AvgIpc) is 3.08. The molecule has 0 fully saturated rings. The molecule has 0 saturated heterocycles. The highest BCUT2D eigenvalue weighted by atomic mass is 16.5.